The third kappa shape index (κ3) is 1.73. The number of nitrogens with zero attached hydrogens (tertiary/aromatic N) is 1. The maximum Gasteiger partial charge on any atom is 0.255 e. The summed E-state index contributed by atoms with van der Waals surface area (Å²) in [5.74, 6) is -0.236. The standard InChI is InChI=1S/C11H12ClNO2/c1-7-8(12)3-2-4-9(7)13-6-5-10(14)11(13)15/h2-4,10,14H,5-6H2,1H3. The Morgan fingerprint density at radius 1 is 1.53 bits per heavy atom. The van der Waals surface area contributed by atoms with E-state index in [-0.39, 0.29) is 5.91 Å². The summed E-state index contributed by atoms with van der Waals surface area (Å²) in [6.45, 7) is 2.43. The quantitative estimate of drug-likeness (QED) is 0.791. The summed E-state index contributed by atoms with van der Waals surface area (Å²) in [5, 5.41) is 10.0. The Bertz CT molecular complexity index is 406. The van der Waals surface area contributed by atoms with Gasteiger partial charge in [-0.3, -0.25) is 4.79 Å². The van der Waals surface area contributed by atoms with Gasteiger partial charge in [-0.05, 0) is 24.6 Å². The van der Waals surface area contributed by atoms with E-state index in [1.165, 1.54) is 0 Å². The number of carbonyl (C=O) groups is 1. The van der Waals surface area contributed by atoms with E-state index in [0.717, 1.165) is 11.3 Å². The van der Waals surface area contributed by atoms with Crippen LogP contribution < -0.4 is 4.90 Å². The summed E-state index contributed by atoms with van der Waals surface area (Å²) in [6.07, 6.45) is -0.367. The van der Waals surface area contributed by atoms with E-state index < -0.39 is 6.10 Å². The number of aliphatic hydroxyl groups excluding tert-OH is 1. The van der Waals surface area contributed by atoms with Gasteiger partial charge in [-0.2, -0.15) is 0 Å². The number of hydrogen-bond acceptors (Lipinski definition) is 2. The minimum absolute atomic E-state index is 0.236. The molecule has 4 heteroatoms. The predicted octanol–water partition coefficient (Wildman–Crippen LogP) is 1.75. The number of anilines is 1. The zero-order valence-corrected chi connectivity index (χ0v) is 9.16. The highest BCUT2D eigenvalue weighted by molar-refractivity contribution is 6.31. The molecule has 1 atom stereocenters. The minimum Gasteiger partial charge on any atom is -0.383 e. The first-order valence-electron chi connectivity index (χ1n) is 4.86. The van der Waals surface area contributed by atoms with E-state index in [1.807, 2.05) is 19.1 Å². The Morgan fingerprint density at radius 3 is 2.87 bits per heavy atom. The van der Waals surface area contributed by atoms with E-state index in [9.17, 15) is 9.90 Å². The molecule has 0 spiro atoms. The molecule has 1 amide bonds. The molecule has 1 heterocycles. The molecule has 1 aromatic carbocycles. The fourth-order valence-corrected chi connectivity index (χ4v) is 1.96. The van der Waals surface area contributed by atoms with Crippen molar-refractivity contribution in [3.63, 3.8) is 0 Å². The molecule has 0 radical (unpaired) electrons. The third-order valence-electron chi connectivity index (χ3n) is 2.71. The molecular formula is C11H12ClNO2. The molecule has 1 N–H and O–H groups in total. The molecule has 1 unspecified atom stereocenters. The zero-order valence-electron chi connectivity index (χ0n) is 8.40. The van der Waals surface area contributed by atoms with Crippen molar-refractivity contribution in [1.82, 2.24) is 0 Å². The second-order valence-corrected chi connectivity index (χ2v) is 4.09. The number of halogens is 1. The number of rotatable bonds is 1. The lowest BCUT2D eigenvalue weighted by Crippen LogP contribution is -2.29. The second kappa shape index (κ2) is 3.83. The summed E-state index contributed by atoms with van der Waals surface area (Å²) in [7, 11) is 0. The first-order valence-corrected chi connectivity index (χ1v) is 5.23. The van der Waals surface area contributed by atoms with Crippen LogP contribution in [0.15, 0.2) is 18.2 Å². The lowest BCUT2D eigenvalue weighted by atomic mass is 10.2. The van der Waals surface area contributed by atoms with Crippen LogP contribution in [0.1, 0.15) is 12.0 Å². The van der Waals surface area contributed by atoms with E-state index >= 15 is 0 Å². The van der Waals surface area contributed by atoms with Crippen molar-refractivity contribution in [3.8, 4) is 0 Å². The molecular weight excluding hydrogens is 214 g/mol. The molecule has 80 valence electrons. The highest BCUT2D eigenvalue weighted by Crippen LogP contribution is 2.29. The fraction of sp³-hybridized carbons (Fsp3) is 0.364. The number of aliphatic hydroxyl groups is 1. The number of carbonyl (C=O) groups excluding carboxylic acids is 1. The Morgan fingerprint density at radius 2 is 2.27 bits per heavy atom. The molecule has 0 aromatic heterocycles. The topological polar surface area (TPSA) is 40.5 Å². The monoisotopic (exact) mass is 225 g/mol. The normalized spacial score (nSPS) is 21.1. The molecule has 1 fully saturated rings. The van der Waals surface area contributed by atoms with Crippen molar-refractivity contribution in [2.75, 3.05) is 11.4 Å². The Balaban J connectivity index is 2.38. The van der Waals surface area contributed by atoms with E-state index in [1.54, 1.807) is 11.0 Å². The Kier molecular flexibility index (Phi) is 2.67. The van der Waals surface area contributed by atoms with Crippen molar-refractivity contribution >= 4 is 23.2 Å². The van der Waals surface area contributed by atoms with Gasteiger partial charge in [0.2, 0.25) is 0 Å². The first kappa shape index (κ1) is 10.5. The molecule has 1 saturated heterocycles. The lowest BCUT2D eigenvalue weighted by molar-refractivity contribution is -0.124. The second-order valence-electron chi connectivity index (χ2n) is 3.68. The molecule has 2 rings (SSSR count). The van der Waals surface area contributed by atoms with Gasteiger partial charge in [-0.15, -0.1) is 0 Å². The Labute approximate surface area is 93.3 Å². The summed E-state index contributed by atoms with van der Waals surface area (Å²) in [4.78, 5) is 13.2. The van der Waals surface area contributed by atoms with Crippen molar-refractivity contribution in [2.24, 2.45) is 0 Å². The van der Waals surface area contributed by atoms with Gasteiger partial charge in [0.05, 0.1) is 0 Å². The highest BCUT2D eigenvalue weighted by atomic mass is 35.5. The van der Waals surface area contributed by atoms with Gasteiger partial charge in [0.25, 0.3) is 5.91 Å². The maximum absolute atomic E-state index is 11.6. The molecule has 1 aromatic rings. The van der Waals surface area contributed by atoms with Gasteiger partial charge in [0.15, 0.2) is 0 Å². The molecule has 15 heavy (non-hydrogen) atoms. The fourth-order valence-electron chi connectivity index (χ4n) is 1.79. The SMILES string of the molecule is Cc1c(Cl)cccc1N1CCC(O)C1=O. The van der Waals surface area contributed by atoms with Crippen LogP contribution in [0.25, 0.3) is 0 Å². The average Bonchev–Trinajstić information content (AvgIpc) is 2.53. The number of amides is 1. The molecule has 0 aliphatic carbocycles. The van der Waals surface area contributed by atoms with Crippen LogP contribution in [0.2, 0.25) is 5.02 Å². The largest absolute Gasteiger partial charge is 0.383 e. The number of benzene rings is 1. The molecule has 0 saturated carbocycles. The number of hydrogen-bond donors (Lipinski definition) is 1. The minimum atomic E-state index is -0.858. The summed E-state index contributed by atoms with van der Waals surface area (Å²) in [6, 6.07) is 5.44. The van der Waals surface area contributed by atoms with Crippen LogP contribution in [-0.4, -0.2) is 23.7 Å². The van der Waals surface area contributed by atoms with Gasteiger partial charge < -0.3 is 10.0 Å². The van der Waals surface area contributed by atoms with Crippen LogP contribution in [0.5, 0.6) is 0 Å². The summed E-state index contributed by atoms with van der Waals surface area (Å²) in [5.41, 5.74) is 1.67. The maximum atomic E-state index is 11.6. The van der Waals surface area contributed by atoms with Crippen LogP contribution in [0.3, 0.4) is 0 Å². The van der Waals surface area contributed by atoms with Crippen LogP contribution in [-0.2, 0) is 4.79 Å². The predicted molar refractivity (Wildman–Crippen MR) is 59.2 cm³/mol. The molecule has 0 bridgehead atoms. The van der Waals surface area contributed by atoms with E-state index in [2.05, 4.69) is 0 Å². The highest BCUT2D eigenvalue weighted by Gasteiger charge is 2.31. The molecule has 3 nitrogen and oxygen atoms in total. The lowest BCUT2D eigenvalue weighted by Gasteiger charge is -2.18. The Hall–Kier alpha value is -1.06. The van der Waals surface area contributed by atoms with Gasteiger partial charge in [0, 0.05) is 23.7 Å². The van der Waals surface area contributed by atoms with Crippen molar-refractivity contribution in [2.45, 2.75) is 19.4 Å². The third-order valence-corrected chi connectivity index (χ3v) is 3.12. The zero-order chi connectivity index (χ0) is 11.0. The summed E-state index contributed by atoms with van der Waals surface area (Å²) >= 11 is 5.98. The van der Waals surface area contributed by atoms with Crippen molar-refractivity contribution < 1.29 is 9.90 Å². The van der Waals surface area contributed by atoms with Gasteiger partial charge in [-0.1, -0.05) is 17.7 Å². The van der Waals surface area contributed by atoms with Crippen molar-refractivity contribution in [1.29, 1.82) is 0 Å². The summed E-state index contributed by atoms with van der Waals surface area (Å²) < 4.78 is 0. The molecule has 1 aliphatic rings. The molecule has 1 aliphatic heterocycles. The van der Waals surface area contributed by atoms with Crippen molar-refractivity contribution in [3.05, 3.63) is 28.8 Å². The van der Waals surface area contributed by atoms with Crippen LogP contribution >= 0.6 is 11.6 Å². The van der Waals surface area contributed by atoms with Gasteiger partial charge in [-0.25, -0.2) is 0 Å². The van der Waals surface area contributed by atoms with Gasteiger partial charge >= 0.3 is 0 Å². The first-order chi connectivity index (χ1) is 7.11. The van der Waals surface area contributed by atoms with Crippen LogP contribution in [0, 0.1) is 6.92 Å². The van der Waals surface area contributed by atoms with E-state index in [0.29, 0.717) is 18.0 Å². The average molecular weight is 226 g/mol. The van der Waals surface area contributed by atoms with Gasteiger partial charge in [0.1, 0.15) is 6.10 Å². The van der Waals surface area contributed by atoms with Crippen LogP contribution in [0.4, 0.5) is 5.69 Å². The smallest absolute Gasteiger partial charge is 0.255 e. The van der Waals surface area contributed by atoms with E-state index in [4.69, 9.17) is 11.6 Å².